The monoisotopic (exact) mass is 260 g/mol. The van der Waals surface area contributed by atoms with E-state index in [0.29, 0.717) is 18.6 Å². The van der Waals surface area contributed by atoms with Crippen molar-refractivity contribution in [2.45, 2.75) is 90.3 Å². The minimum Gasteiger partial charge on any atom is -0.369 e. The number of hydrogen-bond donors (Lipinski definition) is 0. The molecule has 1 nitrogen and oxygen atoms in total. The largest absolute Gasteiger partial charge is 0.369 e. The zero-order chi connectivity index (χ0) is 13.8. The molecule has 1 heteroatoms. The van der Waals surface area contributed by atoms with Gasteiger partial charge in [0.2, 0.25) is 0 Å². The summed E-state index contributed by atoms with van der Waals surface area (Å²) >= 11 is 0. The van der Waals surface area contributed by atoms with Crippen LogP contribution in [0, 0.1) is 23.7 Å². The summed E-state index contributed by atoms with van der Waals surface area (Å²) in [5.41, 5.74) is 0. The van der Waals surface area contributed by atoms with E-state index in [1.807, 2.05) is 0 Å². The van der Waals surface area contributed by atoms with Gasteiger partial charge < -0.3 is 4.74 Å². The van der Waals surface area contributed by atoms with Gasteiger partial charge in [0.15, 0.2) is 0 Å². The van der Waals surface area contributed by atoms with Gasteiger partial charge in [-0.3, -0.25) is 0 Å². The highest BCUT2D eigenvalue weighted by Gasteiger charge is 2.36. The Hall–Kier alpha value is -0.920. The second kappa shape index (κ2) is 11.0. The molecule has 0 N–H and O–H groups in total. The van der Waals surface area contributed by atoms with Gasteiger partial charge in [0.05, 0.1) is 18.6 Å². The normalized spacial score (nSPS) is 20.1. The number of unbranched alkanes of at least 4 members (excludes halogenated alkanes) is 5. The molecule has 0 aromatic heterocycles. The molecule has 0 amide bonds. The quantitative estimate of drug-likeness (QED) is 0.350. The van der Waals surface area contributed by atoms with E-state index in [9.17, 15) is 0 Å². The van der Waals surface area contributed by atoms with E-state index in [2.05, 4.69) is 37.5 Å². The molecule has 1 heterocycles. The van der Waals surface area contributed by atoms with Crippen molar-refractivity contribution in [2.24, 2.45) is 0 Å². The van der Waals surface area contributed by atoms with Gasteiger partial charge in [-0.1, -0.05) is 70.1 Å². The molecule has 1 fully saturated rings. The van der Waals surface area contributed by atoms with Gasteiger partial charge in [0.1, 0.15) is 0 Å². The fourth-order valence-electron chi connectivity index (χ4n) is 2.21. The van der Waals surface area contributed by atoms with E-state index in [1.165, 1.54) is 44.9 Å². The molecule has 1 aliphatic heterocycles. The van der Waals surface area contributed by atoms with E-state index < -0.39 is 0 Å². The molecular weight excluding hydrogens is 232 g/mol. The maximum absolute atomic E-state index is 5.63. The Labute approximate surface area is 119 Å². The lowest BCUT2D eigenvalue weighted by Crippen LogP contribution is -1.93. The van der Waals surface area contributed by atoms with Crippen LogP contribution < -0.4 is 0 Å². The van der Waals surface area contributed by atoms with Crippen molar-refractivity contribution in [2.75, 3.05) is 0 Å². The molecule has 0 saturated carbocycles. The van der Waals surface area contributed by atoms with Crippen LogP contribution in [0.15, 0.2) is 0 Å². The molecule has 1 rings (SSSR count). The zero-order valence-corrected chi connectivity index (χ0v) is 12.6. The van der Waals surface area contributed by atoms with E-state index in [-0.39, 0.29) is 0 Å². The van der Waals surface area contributed by atoms with E-state index in [0.717, 1.165) is 12.8 Å². The van der Waals surface area contributed by atoms with Gasteiger partial charge >= 0.3 is 0 Å². The van der Waals surface area contributed by atoms with Crippen LogP contribution in [0.4, 0.5) is 0 Å². The Balaban J connectivity index is 1.91. The van der Waals surface area contributed by atoms with Crippen molar-refractivity contribution in [1.29, 1.82) is 0 Å². The van der Waals surface area contributed by atoms with Crippen LogP contribution in [0.25, 0.3) is 0 Å². The third-order valence-electron chi connectivity index (χ3n) is 3.44. The number of ether oxygens (including phenoxy) is 1. The first-order valence-electron chi connectivity index (χ1n) is 7.95. The summed E-state index contributed by atoms with van der Waals surface area (Å²) in [5, 5.41) is 0. The lowest BCUT2D eigenvalue weighted by molar-refractivity contribution is 0.359. The summed E-state index contributed by atoms with van der Waals surface area (Å²) in [6.45, 7) is 4.32. The summed E-state index contributed by atoms with van der Waals surface area (Å²) in [5.74, 6) is 12.3. The first kappa shape index (κ1) is 16.1. The summed E-state index contributed by atoms with van der Waals surface area (Å²) in [7, 11) is 0. The number of epoxide rings is 1. The molecule has 0 bridgehead atoms. The van der Waals surface area contributed by atoms with Crippen molar-refractivity contribution in [1.82, 2.24) is 0 Å². The predicted octanol–water partition coefficient (Wildman–Crippen LogP) is 4.70. The lowest BCUT2D eigenvalue weighted by Gasteiger charge is -1.98. The Morgan fingerprint density at radius 2 is 1.53 bits per heavy atom. The summed E-state index contributed by atoms with van der Waals surface area (Å²) in [6, 6.07) is 0. The van der Waals surface area contributed by atoms with Gasteiger partial charge in [0, 0.05) is 12.8 Å². The molecule has 0 unspecified atom stereocenters. The topological polar surface area (TPSA) is 12.5 Å². The summed E-state index contributed by atoms with van der Waals surface area (Å²) in [6.07, 6.45) is 12.9. The molecule has 1 aliphatic rings. The second-order valence-electron chi connectivity index (χ2n) is 5.21. The SMILES string of the molecule is CCC#CCC#CC[C@@H]1O[C@@H]1CCCCCCCC. The minimum absolute atomic E-state index is 0.419. The molecule has 0 aromatic rings. The molecule has 19 heavy (non-hydrogen) atoms. The van der Waals surface area contributed by atoms with Gasteiger partial charge in [0.25, 0.3) is 0 Å². The van der Waals surface area contributed by atoms with Gasteiger partial charge in [-0.05, 0) is 6.42 Å². The fraction of sp³-hybridized carbons (Fsp3) is 0.778. The average molecular weight is 260 g/mol. The number of rotatable bonds is 8. The van der Waals surface area contributed by atoms with Crippen molar-refractivity contribution in [3.8, 4) is 23.7 Å². The Kier molecular flexibility index (Phi) is 9.30. The molecule has 1 saturated heterocycles. The maximum Gasteiger partial charge on any atom is 0.0950 e. The standard InChI is InChI=1S/C18H28O/c1-3-5-7-9-11-13-15-17-18(19-17)16-14-12-10-8-6-4-2/h17-18H,3-5,7,9-11,13,15-16H2,1-2H3/t17-,18+/m1/s1. The smallest absolute Gasteiger partial charge is 0.0950 e. The highest BCUT2D eigenvalue weighted by Crippen LogP contribution is 2.29. The van der Waals surface area contributed by atoms with Crippen molar-refractivity contribution < 1.29 is 4.74 Å². The van der Waals surface area contributed by atoms with Crippen LogP contribution in [0.1, 0.15) is 78.1 Å². The average Bonchev–Trinajstić information content (AvgIpc) is 3.16. The highest BCUT2D eigenvalue weighted by atomic mass is 16.6. The molecule has 0 radical (unpaired) electrons. The van der Waals surface area contributed by atoms with E-state index in [1.54, 1.807) is 0 Å². The van der Waals surface area contributed by atoms with Crippen LogP contribution in [-0.2, 0) is 4.74 Å². The van der Waals surface area contributed by atoms with Gasteiger partial charge in [-0.15, -0.1) is 5.92 Å². The first-order chi connectivity index (χ1) is 9.38. The van der Waals surface area contributed by atoms with E-state index >= 15 is 0 Å². The van der Waals surface area contributed by atoms with E-state index in [4.69, 9.17) is 4.74 Å². The van der Waals surface area contributed by atoms with Gasteiger partial charge in [-0.25, -0.2) is 0 Å². The second-order valence-corrected chi connectivity index (χ2v) is 5.21. The lowest BCUT2D eigenvalue weighted by atomic mass is 10.1. The third kappa shape index (κ3) is 8.74. The molecule has 106 valence electrons. The summed E-state index contributed by atoms with van der Waals surface area (Å²) < 4.78 is 5.63. The summed E-state index contributed by atoms with van der Waals surface area (Å²) in [4.78, 5) is 0. The van der Waals surface area contributed by atoms with Crippen LogP contribution in [0.2, 0.25) is 0 Å². The Morgan fingerprint density at radius 1 is 0.789 bits per heavy atom. The van der Waals surface area contributed by atoms with Crippen LogP contribution in [0.5, 0.6) is 0 Å². The third-order valence-corrected chi connectivity index (χ3v) is 3.44. The fourth-order valence-corrected chi connectivity index (χ4v) is 2.21. The van der Waals surface area contributed by atoms with Gasteiger partial charge in [-0.2, -0.15) is 0 Å². The zero-order valence-electron chi connectivity index (χ0n) is 12.6. The molecule has 0 aromatic carbocycles. The predicted molar refractivity (Wildman–Crippen MR) is 81.7 cm³/mol. The maximum atomic E-state index is 5.63. The molecular formula is C18H28O. The van der Waals surface area contributed by atoms with Crippen LogP contribution in [0.3, 0.4) is 0 Å². The Bertz CT molecular complexity index is 336. The molecule has 0 spiro atoms. The van der Waals surface area contributed by atoms with Crippen molar-refractivity contribution >= 4 is 0 Å². The highest BCUT2D eigenvalue weighted by molar-refractivity contribution is 5.12. The minimum atomic E-state index is 0.419. The molecule has 2 atom stereocenters. The number of hydrogen-bond acceptors (Lipinski definition) is 1. The molecule has 0 aliphatic carbocycles. The van der Waals surface area contributed by atoms with Crippen LogP contribution in [-0.4, -0.2) is 12.2 Å². The van der Waals surface area contributed by atoms with Crippen LogP contribution >= 0.6 is 0 Å². The Morgan fingerprint density at radius 3 is 2.32 bits per heavy atom. The van der Waals surface area contributed by atoms with Crippen molar-refractivity contribution in [3.63, 3.8) is 0 Å². The van der Waals surface area contributed by atoms with Crippen molar-refractivity contribution in [3.05, 3.63) is 0 Å². The first-order valence-corrected chi connectivity index (χ1v) is 7.95.